The van der Waals surface area contributed by atoms with Crippen molar-refractivity contribution < 1.29 is 24.2 Å². The van der Waals surface area contributed by atoms with Gasteiger partial charge in [0.1, 0.15) is 5.75 Å². The molecule has 0 aliphatic heterocycles. The largest absolute Gasteiger partial charge is 0.481 e. The third kappa shape index (κ3) is 5.76. The number of esters is 1. The monoisotopic (exact) mass is 341 g/mol. The van der Waals surface area contributed by atoms with E-state index in [-0.39, 0.29) is 24.7 Å². The lowest BCUT2D eigenvalue weighted by Gasteiger charge is -2.07. The van der Waals surface area contributed by atoms with Crippen LogP contribution in [0.4, 0.5) is 5.69 Å². The zero-order valence-corrected chi connectivity index (χ0v) is 13.8. The first-order valence-corrected chi connectivity index (χ1v) is 7.90. The van der Waals surface area contributed by atoms with Crippen molar-refractivity contribution in [1.82, 2.24) is 0 Å². The molecule has 0 fully saturated rings. The number of rotatable bonds is 7. The smallest absolute Gasteiger partial charge is 0.310 e. The normalized spacial score (nSPS) is 10.1. The number of nitrogens with one attached hydrogen (secondary N) is 1. The Kier molecular flexibility index (Phi) is 6.28. The molecule has 0 aromatic heterocycles. The summed E-state index contributed by atoms with van der Waals surface area (Å²) in [6, 6.07) is 13.3. The Bertz CT molecular complexity index is 750. The van der Waals surface area contributed by atoms with E-state index in [1.54, 1.807) is 55.5 Å². The molecule has 130 valence electrons. The summed E-state index contributed by atoms with van der Waals surface area (Å²) in [5.74, 6) is -1.07. The summed E-state index contributed by atoms with van der Waals surface area (Å²) in [5, 5.41) is 11.4. The lowest BCUT2D eigenvalue weighted by Crippen LogP contribution is -2.12. The van der Waals surface area contributed by atoms with Crippen LogP contribution < -0.4 is 10.1 Å². The standard InChI is InChI=1S/C19H19NO5/c1-2-18(23)25-16-10-6-14(7-11-16)19(24)20-15-8-3-13(4-9-15)5-12-17(21)22/h3-4,6-11H,2,5,12H2,1H3,(H,20,24)(H,21,22). The molecule has 0 spiro atoms. The molecule has 2 N–H and O–H groups in total. The molecule has 0 saturated carbocycles. The minimum absolute atomic E-state index is 0.0701. The Morgan fingerprint density at radius 1 is 1.00 bits per heavy atom. The van der Waals surface area contributed by atoms with E-state index in [0.717, 1.165) is 5.56 Å². The lowest BCUT2D eigenvalue weighted by atomic mass is 10.1. The van der Waals surface area contributed by atoms with E-state index in [9.17, 15) is 14.4 Å². The third-order valence-corrected chi connectivity index (χ3v) is 3.48. The number of benzene rings is 2. The van der Waals surface area contributed by atoms with Gasteiger partial charge in [-0.05, 0) is 48.4 Å². The summed E-state index contributed by atoms with van der Waals surface area (Å²) >= 11 is 0. The molecular formula is C19H19NO5. The molecule has 0 bridgehead atoms. The van der Waals surface area contributed by atoms with Gasteiger partial charge in [0, 0.05) is 24.1 Å². The minimum atomic E-state index is -0.842. The first-order valence-electron chi connectivity index (χ1n) is 7.90. The zero-order valence-electron chi connectivity index (χ0n) is 13.8. The van der Waals surface area contributed by atoms with Crippen molar-refractivity contribution in [3.05, 3.63) is 59.7 Å². The number of carboxylic acid groups (broad SMARTS) is 1. The van der Waals surface area contributed by atoms with E-state index in [1.807, 2.05) is 0 Å². The van der Waals surface area contributed by atoms with Crippen molar-refractivity contribution in [3.8, 4) is 5.75 Å². The molecule has 0 aliphatic rings. The van der Waals surface area contributed by atoms with Gasteiger partial charge in [0.2, 0.25) is 0 Å². The molecule has 25 heavy (non-hydrogen) atoms. The second-order valence-electron chi connectivity index (χ2n) is 5.40. The molecule has 6 heteroatoms. The first-order chi connectivity index (χ1) is 12.0. The van der Waals surface area contributed by atoms with Crippen molar-refractivity contribution in [2.75, 3.05) is 5.32 Å². The van der Waals surface area contributed by atoms with Gasteiger partial charge >= 0.3 is 11.9 Å². The number of carbonyl (C=O) groups excluding carboxylic acids is 2. The van der Waals surface area contributed by atoms with E-state index >= 15 is 0 Å². The summed E-state index contributed by atoms with van der Waals surface area (Å²) in [7, 11) is 0. The summed E-state index contributed by atoms with van der Waals surface area (Å²) < 4.78 is 5.06. The van der Waals surface area contributed by atoms with E-state index in [2.05, 4.69) is 5.32 Å². The number of anilines is 1. The van der Waals surface area contributed by atoms with Crippen molar-refractivity contribution in [3.63, 3.8) is 0 Å². The molecule has 0 radical (unpaired) electrons. The fraction of sp³-hybridized carbons (Fsp3) is 0.211. The molecule has 2 aromatic rings. The van der Waals surface area contributed by atoms with Gasteiger partial charge in [0.15, 0.2) is 0 Å². The topological polar surface area (TPSA) is 92.7 Å². The van der Waals surface area contributed by atoms with Gasteiger partial charge in [-0.1, -0.05) is 19.1 Å². The number of ether oxygens (including phenoxy) is 1. The Balaban J connectivity index is 1.94. The molecule has 2 rings (SSSR count). The molecule has 0 atom stereocenters. The van der Waals surface area contributed by atoms with Crippen LogP contribution in [0.1, 0.15) is 35.7 Å². The number of hydrogen-bond acceptors (Lipinski definition) is 4. The van der Waals surface area contributed by atoms with Crippen molar-refractivity contribution >= 4 is 23.5 Å². The fourth-order valence-electron chi connectivity index (χ4n) is 2.09. The highest BCUT2D eigenvalue weighted by molar-refractivity contribution is 6.04. The Morgan fingerprint density at radius 2 is 1.64 bits per heavy atom. The SMILES string of the molecule is CCC(=O)Oc1ccc(C(=O)Nc2ccc(CCC(=O)O)cc2)cc1. The van der Waals surface area contributed by atoms with Crippen molar-refractivity contribution in [2.45, 2.75) is 26.2 Å². The van der Waals surface area contributed by atoms with Gasteiger partial charge < -0.3 is 15.2 Å². The van der Waals surface area contributed by atoms with Gasteiger partial charge in [-0.2, -0.15) is 0 Å². The minimum Gasteiger partial charge on any atom is -0.481 e. The van der Waals surface area contributed by atoms with Gasteiger partial charge in [0.25, 0.3) is 5.91 Å². The molecule has 0 aliphatic carbocycles. The predicted molar refractivity (Wildman–Crippen MR) is 92.7 cm³/mol. The maximum Gasteiger partial charge on any atom is 0.310 e. The number of carboxylic acids is 1. The number of aliphatic carboxylic acids is 1. The summed E-state index contributed by atoms with van der Waals surface area (Å²) in [6.07, 6.45) is 0.798. The second-order valence-corrected chi connectivity index (χ2v) is 5.40. The highest BCUT2D eigenvalue weighted by atomic mass is 16.5. The predicted octanol–water partition coefficient (Wildman–Crippen LogP) is 3.27. The highest BCUT2D eigenvalue weighted by Crippen LogP contribution is 2.16. The zero-order chi connectivity index (χ0) is 18.2. The van der Waals surface area contributed by atoms with Crippen LogP contribution in [0.25, 0.3) is 0 Å². The number of amides is 1. The Hall–Kier alpha value is -3.15. The van der Waals surface area contributed by atoms with Crippen LogP contribution in [-0.2, 0) is 16.0 Å². The average molecular weight is 341 g/mol. The maximum atomic E-state index is 12.2. The quantitative estimate of drug-likeness (QED) is 0.595. The molecule has 1 amide bonds. The lowest BCUT2D eigenvalue weighted by molar-refractivity contribution is -0.137. The summed E-state index contributed by atoms with van der Waals surface area (Å²) in [6.45, 7) is 1.71. The second kappa shape index (κ2) is 8.63. The average Bonchev–Trinajstić information content (AvgIpc) is 2.61. The molecular weight excluding hydrogens is 322 g/mol. The molecule has 0 unspecified atom stereocenters. The first kappa shape index (κ1) is 18.2. The van der Waals surface area contributed by atoms with E-state index in [4.69, 9.17) is 9.84 Å². The molecule has 0 heterocycles. The van der Waals surface area contributed by atoms with Crippen LogP contribution >= 0.6 is 0 Å². The maximum absolute atomic E-state index is 12.2. The number of aryl methyl sites for hydroxylation is 1. The van der Waals surface area contributed by atoms with Crippen LogP contribution in [0, 0.1) is 0 Å². The summed E-state index contributed by atoms with van der Waals surface area (Å²) in [5.41, 5.74) is 1.94. The number of carbonyl (C=O) groups is 3. The van der Waals surface area contributed by atoms with Crippen molar-refractivity contribution in [2.24, 2.45) is 0 Å². The van der Waals surface area contributed by atoms with Crippen LogP contribution in [0.2, 0.25) is 0 Å². The number of hydrogen-bond donors (Lipinski definition) is 2. The van der Waals surface area contributed by atoms with E-state index in [0.29, 0.717) is 23.4 Å². The van der Waals surface area contributed by atoms with E-state index < -0.39 is 5.97 Å². The van der Waals surface area contributed by atoms with Gasteiger partial charge in [-0.3, -0.25) is 14.4 Å². The van der Waals surface area contributed by atoms with Gasteiger partial charge in [-0.15, -0.1) is 0 Å². The van der Waals surface area contributed by atoms with Gasteiger partial charge in [0.05, 0.1) is 0 Å². The summed E-state index contributed by atoms with van der Waals surface area (Å²) in [4.78, 5) is 34.0. The van der Waals surface area contributed by atoms with Crippen LogP contribution in [0.15, 0.2) is 48.5 Å². The Morgan fingerprint density at radius 3 is 2.20 bits per heavy atom. The fourth-order valence-corrected chi connectivity index (χ4v) is 2.09. The van der Waals surface area contributed by atoms with Crippen LogP contribution in [0.5, 0.6) is 5.75 Å². The van der Waals surface area contributed by atoms with Crippen LogP contribution in [-0.4, -0.2) is 23.0 Å². The Labute approximate surface area is 145 Å². The molecule has 2 aromatic carbocycles. The molecule has 0 saturated heterocycles. The third-order valence-electron chi connectivity index (χ3n) is 3.48. The van der Waals surface area contributed by atoms with E-state index in [1.165, 1.54) is 0 Å². The van der Waals surface area contributed by atoms with Gasteiger partial charge in [-0.25, -0.2) is 0 Å². The molecule has 6 nitrogen and oxygen atoms in total. The highest BCUT2D eigenvalue weighted by Gasteiger charge is 2.08. The van der Waals surface area contributed by atoms with Crippen LogP contribution in [0.3, 0.4) is 0 Å². The van der Waals surface area contributed by atoms with Crippen molar-refractivity contribution in [1.29, 1.82) is 0 Å².